The Morgan fingerprint density at radius 2 is 1.67 bits per heavy atom. The summed E-state index contributed by atoms with van der Waals surface area (Å²) < 4.78 is 36.6. The van der Waals surface area contributed by atoms with Crippen LogP contribution in [0.5, 0.6) is 0 Å². The van der Waals surface area contributed by atoms with E-state index in [9.17, 15) is 8.42 Å². The second-order valence-electron chi connectivity index (χ2n) is 5.95. The van der Waals surface area contributed by atoms with Gasteiger partial charge in [0.15, 0.2) is 16.1 Å². The highest BCUT2D eigenvalue weighted by Crippen LogP contribution is 2.21. The molecule has 0 radical (unpaired) electrons. The van der Waals surface area contributed by atoms with Gasteiger partial charge in [-0.3, -0.25) is 0 Å². The van der Waals surface area contributed by atoms with Crippen molar-refractivity contribution in [3.63, 3.8) is 0 Å². The molecule has 4 nitrogen and oxygen atoms in total. The molecule has 24 heavy (non-hydrogen) atoms. The van der Waals surface area contributed by atoms with Crippen molar-refractivity contribution < 1.29 is 17.9 Å². The van der Waals surface area contributed by atoms with Crippen molar-refractivity contribution in [2.75, 3.05) is 6.61 Å². The molecule has 1 saturated heterocycles. The minimum atomic E-state index is -3.37. The minimum Gasteiger partial charge on any atom is -0.353 e. The summed E-state index contributed by atoms with van der Waals surface area (Å²) >= 11 is 0. The van der Waals surface area contributed by atoms with Gasteiger partial charge in [-0.05, 0) is 42.5 Å². The number of rotatable bonds is 6. The van der Waals surface area contributed by atoms with E-state index in [2.05, 4.69) is 0 Å². The van der Waals surface area contributed by atoms with Gasteiger partial charge in [0.05, 0.1) is 17.3 Å². The highest BCUT2D eigenvalue weighted by atomic mass is 32.2. The van der Waals surface area contributed by atoms with Crippen molar-refractivity contribution in [1.29, 1.82) is 0 Å². The predicted octanol–water partition coefficient (Wildman–Crippen LogP) is 3.70. The molecule has 0 bridgehead atoms. The van der Waals surface area contributed by atoms with Crippen LogP contribution in [0.25, 0.3) is 0 Å². The van der Waals surface area contributed by atoms with E-state index < -0.39 is 9.84 Å². The van der Waals surface area contributed by atoms with E-state index in [-0.39, 0.29) is 12.0 Å². The predicted molar refractivity (Wildman–Crippen MR) is 92.2 cm³/mol. The highest BCUT2D eigenvalue weighted by Gasteiger charge is 2.18. The monoisotopic (exact) mass is 346 g/mol. The van der Waals surface area contributed by atoms with Gasteiger partial charge in [0.2, 0.25) is 0 Å². The number of benzene rings is 2. The summed E-state index contributed by atoms with van der Waals surface area (Å²) in [5.74, 6) is -0.0257. The fraction of sp³-hybridized carbons (Fsp3) is 0.368. The van der Waals surface area contributed by atoms with Gasteiger partial charge in [0.25, 0.3) is 0 Å². The molecule has 1 heterocycles. The van der Waals surface area contributed by atoms with Crippen LogP contribution in [0.15, 0.2) is 59.5 Å². The topological polar surface area (TPSA) is 52.6 Å². The first kappa shape index (κ1) is 17.1. The molecular formula is C19H22O4S. The molecule has 0 saturated carbocycles. The number of sulfone groups is 1. The zero-order valence-corrected chi connectivity index (χ0v) is 14.4. The number of hydrogen-bond acceptors (Lipinski definition) is 4. The van der Waals surface area contributed by atoms with Gasteiger partial charge in [-0.1, -0.05) is 42.5 Å². The molecule has 0 aliphatic carbocycles. The van der Waals surface area contributed by atoms with Crippen LogP contribution < -0.4 is 0 Å². The van der Waals surface area contributed by atoms with Crippen molar-refractivity contribution in [2.24, 2.45) is 0 Å². The summed E-state index contributed by atoms with van der Waals surface area (Å²) in [5.41, 5.74) is 1.67. The molecule has 2 aromatic carbocycles. The molecule has 2 aromatic rings. The smallest absolute Gasteiger partial charge is 0.182 e. The van der Waals surface area contributed by atoms with Gasteiger partial charge in [-0.15, -0.1) is 0 Å². The third-order valence-electron chi connectivity index (χ3n) is 4.13. The Hall–Kier alpha value is -1.69. The first-order valence-corrected chi connectivity index (χ1v) is 9.88. The molecule has 3 rings (SSSR count). The van der Waals surface area contributed by atoms with Crippen LogP contribution in [-0.2, 0) is 31.7 Å². The van der Waals surface area contributed by atoms with E-state index in [1.54, 1.807) is 24.3 Å². The van der Waals surface area contributed by atoms with E-state index in [0.717, 1.165) is 37.0 Å². The molecule has 1 aliphatic heterocycles. The van der Waals surface area contributed by atoms with Crippen LogP contribution in [0, 0.1) is 0 Å². The van der Waals surface area contributed by atoms with Crippen LogP contribution in [-0.4, -0.2) is 21.3 Å². The SMILES string of the molecule is O=S(=O)(Cc1ccccc1COC1CCCCO1)c1ccccc1. The van der Waals surface area contributed by atoms with Crippen molar-refractivity contribution in [1.82, 2.24) is 0 Å². The molecule has 5 heteroatoms. The molecule has 1 aliphatic rings. The maximum absolute atomic E-state index is 12.6. The summed E-state index contributed by atoms with van der Waals surface area (Å²) in [6.07, 6.45) is 2.89. The van der Waals surface area contributed by atoms with Crippen molar-refractivity contribution in [2.45, 2.75) is 42.8 Å². The lowest BCUT2D eigenvalue weighted by Gasteiger charge is -2.23. The Kier molecular flexibility index (Phi) is 5.66. The van der Waals surface area contributed by atoms with Gasteiger partial charge in [0, 0.05) is 6.61 Å². The first-order chi connectivity index (χ1) is 11.6. The molecule has 0 spiro atoms. The molecule has 0 N–H and O–H groups in total. The average Bonchev–Trinajstić information content (AvgIpc) is 2.62. The van der Waals surface area contributed by atoms with Crippen LogP contribution in [0.1, 0.15) is 30.4 Å². The standard InChI is InChI=1S/C19H22O4S/c20-24(21,18-10-2-1-3-11-18)15-17-9-5-4-8-16(17)14-23-19-12-6-7-13-22-19/h1-5,8-11,19H,6-7,12-15H2. The molecule has 1 fully saturated rings. The highest BCUT2D eigenvalue weighted by molar-refractivity contribution is 7.90. The zero-order valence-electron chi connectivity index (χ0n) is 13.6. The minimum absolute atomic E-state index is 0.0257. The number of ether oxygens (including phenoxy) is 2. The van der Waals surface area contributed by atoms with Gasteiger partial charge in [-0.2, -0.15) is 0 Å². The summed E-state index contributed by atoms with van der Waals surface area (Å²) in [5, 5.41) is 0. The second kappa shape index (κ2) is 7.92. The molecule has 0 amide bonds. The third-order valence-corrected chi connectivity index (χ3v) is 5.81. The molecule has 0 aromatic heterocycles. The van der Waals surface area contributed by atoms with Gasteiger partial charge in [-0.25, -0.2) is 8.42 Å². The van der Waals surface area contributed by atoms with Gasteiger partial charge < -0.3 is 9.47 Å². The van der Waals surface area contributed by atoms with E-state index >= 15 is 0 Å². The van der Waals surface area contributed by atoms with E-state index in [1.807, 2.05) is 30.3 Å². The summed E-state index contributed by atoms with van der Waals surface area (Å²) in [4.78, 5) is 0.344. The van der Waals surface area contributed by atoms with Crippen molar-refractivity contribution >= 4 is 9.84 Å². The molecule has 1 unspecified atom stereocenters. The lowest BCUT2D eigenvalue weighted by Crippen LogP contribution is -2.22. The quantitative estimate of drug-likeness (QED) is 0.800. The fourth-order valence-corrected chi connectivity index (χ4v) is 4.21. The molecule has 128 valence electrons. The van der Waals surface area contributed by atoms with E-state index in [1.165, 1.54) is 0 Å². The summed E-state index contributed by atoms with van der Waals surface area (Å²) in [7, 11) is -3.37. The van der Waals surface area contributed by atoms with Gasteiger partial charge in [0.1, 0.15) is 0 Å². The van der Waals surface area contributed by atoms with Crippen LogP contribution in [0.3, 0.4) is 0 Å². The zero-order chi connectivity index (χ0) is 16.8. The van der Waals surface area contributed by atoms with Crippen LogP contribution in [0.4, 0.5) is 0 Å². The maximum Gasteiger partial charge on any atom is 0.182 e. The molecular weight excluding hydrogens is 324 g/mol. The lowest BCUT2D eigenvalue weighted by molar-refractivity contribution is -0.169. The summed E-state index contributed by atoms with van der Waals surface area (Å²) in [6, 6.07) is 16.1. The van der Waals surface area contributed by atoms with Crippen LogP contribution >= 0.6 is 0 Å². The Balaban J connectivity index is 1.72. The Bertz CT molecular complexity index is 750. The average molecular weight is 346 g/mol. The van der Waals surface area contributed by atoms with Crippen molar-refractivity contribution in [3.8, 4) is 0 Å². The fourth-order valence-electron chi connectivity index (χ4n) is 2.78. The Morgan fingerprint density at radius 1 is 0.958 bits per heavy atom. The maximum atomic E-state index is 12.6. The van der Waals surface area contributed by atoms with Crippen molar-refractivity contribution in [3.05, 3.63) is 65.7 Å². The summed E-state index contributed by atoms with van der Waals surface area (Å²) in [6.45, 7) is 1.10. The first-order valence-electron chi connectivity index (χ1n) is 8.23. The van der Waals surface area contributed by atoms with Gasteiger partial charge >= 0.3 is 0 Å². The van der Waals surface area contributed by atoms with E-state index in [0.29, 0.717) is 11.5 Å². The van der Waals surface area contributed by atoms with Crippen LogP contribution in [0.2, 0.25) is 0 Å². The molecule has 1 atom stereocenters. The Morgan fingerprint density at radius 3 is 2.38 bits per heavy atom. The normalized spacial score (nSPS) is 18.4. The largest absolute Gasteiger partial charge is 0.353 e. The Labute approximate surface area is 143 Å². The number of hydrogen-bond donors (Lipinski definition) is 0. The second-order valence-corrected chi connectivity index (χ2v) is 7.94. The van der Waals surface area contributed by atoms with E-state index in [4.69, 9.17) is 9.47 Å². The lowest BCUT2D eigenvalue weighted by atomic mass is 10.1. The third kappa shape index (κ3) is 4.44.